The molecule has 2 aromatic carbocycles. The van der Waals surface area contributed by atoms with E-state index < -0.39 is 0 Å². The lowest BCUT2D eigenvalue weighted by Crippen LogP contribution is -2.03. The zero-order chi connectivity index (χ0) is 13.2. The molecule has 0 radical (unpaired) electrons. The van der Waals surface area contributed by atoms with Gasteiger partial charge in [0.25, 0.3) is 0 Å². The summed E-state index contributed by atoms with van der Waals surface area (Å²) in [6.45, 7) is 2.05. The maximum absolute atomic E-state index is 12.0. The lowest BCUT2D eigenvalue weighted by atomic mass is 9.89. The van der Waals surface area contributed by atoms with Crippen molar-refractivity contribution in [2.75, 3.05) is 0 Å². The number of carbonyl (C=O) groups excluding carboxylic acids is 1. The molecule has 1 aliphatic carbocycles. The molecule has 0 bridgehead atoms. The Labute approximate surface area is 114 Å². The minimum absolute atomic E-state index is 0.266. The summed E-state index contributed by atoms with van der Waals surface area (Å²) < 4.78 is 0. The molecule has 1 heteroatoms. The van der Waals surface area contributed by atoms with Crippen LogP contribution in [0.15, 0.2) is 30.3 Å². The normalized spacial score (nSPS) is 14.4. The molecule has 0 atom stereocenters. The maximum Gasteiger partial charge on any atom is 0.162 e. The monoisotopic (exact) mass is 252 g/mol. The number of fused-ring (bicyclic) bond motifs is 2. The molecule has 19 heavy (non-hydrogen) atoms. The van der Waals surface area contributed by atoms with E-state index in [0.29, 0.717) is 6.42 Å². The summed E-state index contributed by atoms with van der Waals surface area (Å²) in [5, 5.41) is 2.50. The first-order valence-electron chi connectivity index (χ1n) is 7.36. The van der Waals surface area contributed by atoms with Gasteiger partial charge in [0.1, 0.15) is 0 Å². The number of rotatable bonds is 3. The summed E-state index contributed by atoms with van der Waals surface area (Å²) in [5.74, 6) is 0.266. The van der Waals surface area contributed by atoms with Crippen molar-refractivity contribution < 1.29 is 4.79 Å². The third-order valence-corrected chi connectivity index (χ3v) is 4.10. The average Bonchev–Trinajstić information content (AvgIpc) is 2.44. The van der Waals surface area contributed by atoms with Gasteiger partial charge in [-0.3, -0.25) is 4.79 Å². The summed E-state index contributed by atoms with van der Waals surface area (Å²) in [7, 11) is 0. The minimum atomic E-state index is 0.266. The van der Waals surface area contributed by atoms with Crippen LogP contribution in [0.3, 0.4) is 0 Å². The lowest BCUT2D eigenvalue weighted by Gasteiger charge is -2.16. The van der Waals surface area contributed by atoms with E-state index in [1.165, 1.54) is 47.6 Å². The fourth-order valence-electron chi connectivity index (χ4n) is 3.03. The molecule has 0 spiro atoms. The first-order valence-corrected chi connectivity index (χ1v) is 7.36. The highest BCUT2D eigenvalue weighted by Gasteiger charge is 2.11. The van der Waals surface area contributed by atoms with Gasteiger partial charge in [0, 0.05) is 12.0 Å². The molecular formula is C18H20O. The van der Waals surface area contributed by atoms with Crippen molar-refractivity contribution in [3.05, 3.63) is 47.0 Å². The van der Waals surface area contributed by atoms with E-state index in [-0.39, 0.29) is 5.78 Å². The first kappa shape index (κ1) is 12.4. The smallest absolute Gasteiger partial charge is 0.162 e. The standard InChI is InChI=1S/C18H20O/c1-2-5-18(19)16-9-8-15-10-13-6-3-4-7-14(13)11-17(15)12-16/h8-12H,2-7H2,1H3. The molecule has 0 unspecified atom stereocenters. The minimum Gasteiger partial charge on any atom is -0.294 e. The Morgan fingerprint density at radius 2 is 1.68 bits per heavy atom. The van der Waals surface area contributed by atoms with E-state index in [1.54, 1.807) is 0 Å². The Hall–Kier alpha value is -1.63. The van der Waals surface area contributed by atoms with Gasteiger partial charge < -0.3 is 0 Å². The molecule has 0 heterocycles. The quantitative estimate of drug-likeness (QED) is 0.723. The number of aryl methyl sites for hydroxylation is 2. The molecule has 0 saturated heterocycles. The third kappa shape index (κ3) is 2.42. The number of ketones is 1. The van der Waals surface area contributed by atoms with E-state index >= 15 is 0 Å². The third-order valence-electron chi connectivity index (χ3n) is 4.10. The van der Waals surface area contributed by atoms with Gasteiger partial charge in [-0.2, -0.15) is 0 Å². The number of carbonyl (C=O) groups is 1. The van der Waals surface area contributed by atoms with Crippen molar-refractivity contribution in [1.82, 2.24) is 0 Å². The number of hydrogen-bond acceptors (Lipinski definition) is 1. The Bertz CT molecular complexity index is 625. The predicted octanol–water partition coefficient (Wildman–Crippen LogP) is 4.70. The second-order valence-electron chi connectivity index (χ2n) is 5.56. The van der Waals surface area contributed by atoms with Gasteiger partial charge in [0.15, 0.2) is 5.78 Å². The summed E-state index contributed by atoms with van der Waals surface area (Å²) in [6, 6.07) is 10.8. The molecule has 1 nitrogen and oxygen atoms in total. The van der Waals surface area contributed by atoms with Gasteiger partial charge in [-0.15, -0.1) is 0 Å². The van der Waals surface area contributed by atoms with Crippen LogP contribution in [0.2, 0.25) is 0 Å². The summed E-state index contributed by atoms with van der Waals surface area (Å²) in [4.78, 5) is 12.0. The van der Waals surface area contributed by atoms with Gasteiger partial charge >= 0.3 is 0 Å². The van der Waals surface area contributed by atoms with Crippen molar-refractivity contribution in [3.8, 4) is 0 Å². The van der Waals surface area contributed by atoms with Crippen LogP contribution < -0.4 is 0 Å². The maximum atomic E-state index is 12.0. The number of hydrogen-bond donors (Lipinski definition) is 0. The van der Waals surface area contributed by atoms with Gasteiger partial charge in [0.2, 0.25) is 0 Å². The number of Topliss-reactive ketones (excluding diaryl/α,β-unsaturated/α-hetero) is 1. The molecule has 3 rings (SSSR count). The highest BCUT2D eigenvalue weighted by Crippen LogP contribution is 2.27. The van der Waals surface area contributed by atoms with Gasteiger partial charge in [-0.05, 0) is 60.1 Å². The van der Waals surface area contributed by atoms with Gasteiger partial charge in [0.05, 0.1) is 0 Å². The van der Waals surface area contributed by atoms with Crippen LogP contribution in [0.25, 0.3) is 10.8 Å². The molecular weight excluding hydrogens is 232 g/mol. The summed E-state index contributed by atoms with van der Waals surface area (Å²) in [6.07, 6.45) is 6.58. The zero-order valence-corrected chi connectivity index (χ0v) is 11.5. The van der Waals surface area contributed by atoms with Crippen LogP contribution in [0.5, 0.6) is 0 Å². The topological polar surface area (TPSA) is 17.1 Å². The van der Waals surface area contributed by atoms with Crippen molar-refractivity contribution >= 4 is 16.6 Å². The second kappa shape index (κ2) is 5.16. The molecule has 0 N–H and O–H groups in total. The predicted molar refractivity (Wildman–Crippen MR) is 79.8 cm³/mol. The highest BCUT2D eigenvalue weighted by molar-refractivity contribution is 6.00. The van der Waals surface area contributed by atoms with Crippen molar-refractivity contribution in [3.63, 3.8) is 0 Å². The van der Waals surface area contributed by atoms with Crippen LogP contribution in [0.1, 0.15) is 54.1 Å². The Morgan fingerprint density at radius 3 is 2.37 bits per heavy atom. The van der Waals surface area contributed by atoms with Crippen LogP contribution >= 0.6 is 0 Å². The first-order chi connectivity index (χ1) is 9.28. The Balaban J connectivity index is 2.05. The molecule has 2 aromatic rings. The summed E-state index contributed by atoms with van der Waals surface area (Å²) in [5.41, 5.74) is 3.86. The molecule has 0 amide bonds. The molecule has 0 saturated carbocycles. The van der Waals surface area contributed by atoms with Crippen LogP contribution in [0, 0.1) is 0 Å². The Kier molecular flexibility index (Phi) is 3.37. The van der Waals surface area contributed by atoms with Crippen molar-refractivity contribution in [2.45, 2.75) is 45.4 Å². The number of benzene rings is 2. The zero-order valence-electron chi connectivity index (χ0n) is 11.5. The largest absolute Gasteiger partial charge is 0.294 e. The van der Waals surface area contributed by atoms with Gasteiger partial charge in [-0.1, -0.05) is 31.2 Å². The van der Waals surface area contributed by atoms with Crippen LogP contribution in [-0.2, 0) is 12.8 Å². The van der Waals surface area contributed by atoms with Crippen molar-refractivity contribution in [2.24, 2.45) is 0 Å². The molecule has 1 aliphatic rings. The average molecular weight is 252 g/mol. The molecule has 0 fully saturated rings. The van der Waals surface area contributed by atoms with Gasteiger partial charge in [-0.25, -0.2) is 0 Å². The lowest BCUT2D eigenvalue weighted by molar-refractivity contribution is 0.0982. The van der Waals surface area contributed by atoms with E-state index in [1.807, 2.05) is 6.07 Å². The highest BCUT2D eigenvalue weighted by atomic mass is 16.1. The molecule has 0 aromatic heterocycles. The summed E-state index contributed by atoms with van der Waals surface area (Å²) >= 11 is 0. The SMILES string of the molecule is CCCC(=O)c1ccc2cc3c(cc2c1)CCCC3. The second-order valence-corrected chi connectivity index (χ2v) is 5.56. The Morgan fingerprint density at radius 1 is 1.00 bits per heavy atom. The van der Waals surface area contributed by atoms with E-state index in [2.05, 4.69) is 31.2 Å². The van der Waals surface area contributed by atoms with E-state index in [9.17, 15) is 4.79 Å². The fraction of sp³-hybridized carbons (Fsp3) is 0.389. The van der Waals surface area contributed by atoms with Crippen LogP contribution in [0.4, 0.5) is 0 Å². The molecule has 0 aliphatic heterocycles. The van der Waals surface area contributed by atoms with E-state index in [0.717, 1.165) is 12.0 Å². The fourth-order valence-corrected chi connectivity index (χ4v) is 3.03. The van der Waals surface area contributed by atoms with Crippen molar-refractivity contribution in [1.29, 1.82) is 0 Å². The van der Waals surface area contributed by atoms with E-state index in [4.69, 9.17) is 0 Å². The molecule has 98 valence electrons. The van der Waals surface area contributed by atoms with Crippen LogP contribution in [-0.4, -0.2) is 5.78 Å².